The van der Waals surface area contributed by atoms with Gasteiger partial charge in [-0.1, -0.05) is 12.1 Å². The number of benzene rings is 1. The van der Waals surface area contributed by atoms with E-state index in [4.69, 9.17) is 0 Å². The molecule has 1 N–H and O–H groups in total. The Bertz CT molecular complexity index is 862. The molecule has 0 saturated heterocycles. The lowest BCUT2D eigenvalue weighted by molar-refractivity contribution is 0.0958. The number of thiophene rings is 1. The van der Waals surface area contributed by atoms with Crippen LogP contribution in [-0.2, 0) is 7.05 Å². The van der Waals surface area contributed by atoms with Gasteiger partial charge < -0.3 is 10.2 Å². The lowest BCUT2D eigenvalue weighted by atomic mass is 10.2. The maximum atomic E-state index is 12.4. The van der Waals surface area contributed by atoms with Crippen LogP contribution in [0.5, 0.6) is 0 Å². The number of rotatable bonds is 6. The molecule has 3 rings (SSSR count). The summed E-state index contributed by atoms with van der Waals surface area (Å²) in [4.78, 5) is 16.5. The van der Waals surface area contributed by atoms with Crippen molar-refractivity contribution >= 4 is 33.1 Å². The zero-order chi connectivity index (χ0) is 18.0. The lowest BCUT2D eigenvalue weighted by Gasteiger charge is -2.23. The summed E-state index contributed by atoms with van der Waals surface area (Å²) >= 11 is 1.49. The zero-order valence-electron chi connectivity index (χ0n) is 15.2. The molecule has 0 bridgehead atoms. The van der Waals surface area contributed by atoms with Gasteiger partial charge in [-0.25, -0.2) is 0 Å². The van der Waals surface area contributed by atoms with Crippen molar-refractivity contribution in [1.82, 2.24) is 15.1 Å². The molecule has 0 aliphatic carbocycles. The molecule has 0 atom stereocenters. The summed E-state index contributed by atoms with van der Waals surface area (Å²) < 4.78 is 1.84. The van der Waals surface area contributed by atoms with Crippen molar-refractivity contribution in [2.24, 2.45) is 7.05 Å². The second-order valence-electron chi connectivity index (χ2n) is 6.21. The van der Waals surface area contributed by atoms with Crippen molar-refractivity contribution in [3.63, 3.8) is 0 Å². The molecule has 2 heterocycles. The van der Waals surface area contributed by atoms with Crippen LogP contribution in [0.4, 0.5) is 5.69 Å². The van der Waals surface area contributed by atoms with Crippen molar-refractivity contribution in [3.8, 4) is 0 Å². The predicted octanol–water partition coefficient (Wildman–Crippen LogP) is 3.51. The first kappa shape index (κ1) is 17.5. The highest BCUT2D eigenvalue weighted by atomic mass is 32.1. The van der Waals surface area contributed by atoms with Crippen molar-refractivity contribution in [1.29, 1.82) is 0 Å². The number of fused-ring (bicyclic) bond motifs is 1. The largest absolute Gasteiger partial charge is 0.370 e. The monoisotopic (exact) mass is 356 g/mol. The van der Waals surface area contributed by atoms with Gasteiger partial charge in [0, 0.05) is 37.8 Å². The summed E-state index contributed by atoms with van der Waals surface area (Å²) in [6.45, 7) is 8.51. The van der Waals surface area contributed by atoms with Gasteiger partial charge >= 0.3 is 0 Å². The molecule has 2 aromatic heterocycles. The number of hydrogen-bond donors (Lipinski definition) is 1. The molecule has 1 aromatic carbocycles. The number of hydrogen-bond acceptors (Lipinski definition) is 4. The van der Waals surface area contributed by atoms with Crippen LogP contribution < -0.4 is 10.2 Å². The van der Waals surface area contributed by atoms with E-state index in [0.29, 0.717) is 6.54 Å². The Kier molecular flexibility index (Phi) is 5.08. The van der Waals surface area contributed by atoms with E-state index < -0.39 is 0 Å². The highest BCUT2D eigenvalue weighted by molar-refractivity contribution is 7.20. The summed E-state index contributed by atoms with van der Waals surface area (Å²) in [5.74, 6) is -0.0131. The van der Waals surface area contributed by atoms with E-state index in [0.717, 1.165) is 33.9 Å². The molecule has 0 aliphatic rings. The van der Waals surface area contributed by atoms with Crippen LogP contribution >= 0.6 is 11.3 Å². The van der Waals surface area contributed by atoms with Gasteiger partial charge in [-0.05, 0) is 44.5 Å². The molecule has 1 amide bonds. The van der Waals surface area contributed by atoms with Gasteiger partial charge in [0.05, 0.1) is 10.6 Å². The highest BCUT2D eigenvalue weighted by Crippen LogP contribution is 2.27. The van der Waals surface area contributed by atoms with Crippen LogP contribution in [0.15, 0.2) is 30.3 Å². The van der Waals surface area contributed by atoms with Crippen molar-refractivity contribution in [2.45, 2.75) is 20.8 Å². The van der Waals surface area contributed by atoms with Gasteiger partial charge in [0.1, 0.15) is 4.83 Å². The average molecular weight is 356 g/mol. The third-order valence-electron chi connectivity index (χ3n) is 4.34. The first-order valence-electron chi connectivity index (χ1n) is 8.52. The SMILES string of the molecule is CCN(CCNC(=O)c1cc2c(C)nn(C)c2s1)c1cccc(C)c1. The highest BCUT2D eigenvalue weighted by Gasteiger charge is 2.15. The normalized spacial score (nSPS) is 11.0. The number of likely N-dealkylation sites (N-methyl/N-ethyl adjacent to an activating group) is 1. The second-order valence-corrected chi connectivity index (χ2v) is 7.24. The Morgan fingerprint density at radius 3 is 2.80 bits per heavy atom. The first-order chi connectivity index (χ1) is 12.0. The Morgan fingerprint density at radius 2 is 2.12 bits per heavy atom. The first-order valence-corrected chi connectivity index (χ1v) is 9.34. The third kappa shape index (κ3) is 3.69. The van der Waals surface area contributed by atoms with Crippen LogP contribution in [0, 0.1) is 13.8 Å². The Labute approximate surface area is 152 Å². The number of carbonyl (C=O) groups is 1. The van der Waals surface area contributed by atoms with E-state index in [-0.39, 0.29) is 5.91 Å². The maximum absolute atomic E-state index is 12.4. The zero-order valence-corrected chi connectivity index (χ0v) is 16.0. The Morgan fingerprint density at radius 1 is 1.32 bits per heavy atom. The van der Waals surface area contributed by atoms with Crippen LogP contribution in [0.3, 0.4) is 0 Å². The summed E-state index contributed by atoms with van der Waals surface area (Å²) in [6, 6.07) is 10.4. The molecule has 0 spiro atoms. The topological polar surface area (TPSA) is 50.2 Å². The third-order valence-corrected chi connectivity index (χ3v) is 5.54. The quantitative estimate of drug-likeness (QED) is 0.735. The molecule has 5 nitrogen and oxygen atoms in total. The summed E-state index contributed by atoms with van der Waals surface area (Å²) in [7, 11) is 1.91. The van der Waals surface area contributed by atoms with Crippen molar-refractivity contribution in [3.05, 3.63) is 46.5 Å². The fraction of sp³-hybridized carbons (Fsp3) is 0.368. The molecular weight excluding hydrogens is 332 g/mol. The van der Waals surface area contributed by atoms with E-state index in [1.165, 1.54) is 22.6 Å². The Balaban J connectivity index is 1.62. The van der Waals surface area contributed by atoms with E-state index in [1.54, 1.807) is 0 Å². The number of nitrogens with zero attached hydrogens (tertiary/aromatic N) is 3. The molecule has 0 saturated carbocycles. The fourth-order valence-electron chi connectivity index (χ4n) is 3.00. The number of nitrogens with one attached hydrogen (secondary N) is 1. The van der Waals surface area contributed by atoms with Crippen molar-refractivity contribution in [2.75, 3.05) is 24.5 Å². The van der Waals surface area contributed by atoms with Gasteiger partial charge in [-0.15, -0.1) is 11.3 Å². The van der Waals surface area contributed by atoms with E-state index in [1.807, 2.05) is 24.7 Å². The minimum Gasteiger partial charge on any atom is -0.370 e. The second kappa shape index (κ2) is 7.27. The molecule has 0 unspecified atom stereocenters. The smallest absolute Gasteiger partial charge is 0.261 e. The van der Waals surface area contributed by atoms with Crippen molar-refractivity contribution < 1.29 is 4.79 Å². The number of carbonyl (C=O) groups excluding carboxylic acids is 1. The number of aromatic nitrogens is 2. The van der Waals surface area contributed by atoms with Crippen LogP contribution in [0.1, 0.15) is 27.9 Å². The standard InChI is InChI=1S/C19H24N4OS/c1-5-23(15-8-6-7-13(2)11-15)10-9-20-18(24)17-12-16-14(3)21-22(4)19(16)25-17/h6-8,11-12H,5,9-10H2,1-4H3,(H,20,24). The van der Waals surface area contributed by atoms with Gasteiger partial charge in [0.15, 0.2) is 0 Å². The van der Waals surface area contributed by atoms with E-state index in [9.17, 15) is 4.79 Å². The summed E-state index contributed by atoms with van der Waals surface area (Å²) in [6.07, 6.45) is 0. The van der Waals surface area contributed by atoms with Gasteiger partial charge in [0.2, 0.25) is 0 Å². The molecule has 0 radical (unpaired) electrons. The minimum absolute atomic E-state index is 0.0131. The van der Waals surface area contributed by atoms with E-state index >= 15 is 0 Å². The van der Waals surface area contributed by atoms with Gasteiger partial charge in [-0.2, -0.15) is 5.10 Å². The number of anilines is 1. The average Bonchev–Trinajstić information content (AvgIpc) is 3.13. The molecule has 132 valence electrons. The summed E-state index contributed by atoms with van der Waals surface area (Å²) in [5, 5.41) is 8.48. The molecule has 0 aliphatic heterocycles. The molecular formula is C19H24N4OS. The van der Waals surface area contributed by atoms with Crippen LogP contribution in [0.25, 0.3) is 10.2 Å². The molecule has 0 fully saturated rings. The molecule has 6 heteroatoms. The van der Waals surface area contributed by atoms with Gasteiger partial charge in [0.25, 0.3) is 5.91 Å². The lowest BCUT2D eigenvalue weighted by Crippen LogP contribution is -2.34. The summed E-state index contributed by atoms with van der Waals surface area (Å²) in [5.41, 5.74) is 3.40. The fourth-order valence-corrected chi connectivity index (χ4v) is 4.04. The molecule has 25 heavy (non-hydrogen) atoms. The number of amides is 1. The predicted molar refractivity (Wildman–Crippen MR) is 105 cm³/mol. The number of aryl methyl sites for hydroxylation is 3. The Hall–Kier alpha value is -2.34. The maximum Gasteiger partial charge on any atom is 0.261 e. The van der Waals surface area contributed by atoms with Crippen LogP contribution in [-0.4, -0.2) is 35.3 Å². The van der Waals surface area contributed by atoms with E-state index in [2.05, 4.69) is 53.4 Å². The van der Waals surface area contributed by atoms with Crippen LogP contribution in [0.2, 0.25) is 0 Å². The minimum atomic E-state index is -0.0131. The van der Waals surface area contributed by atoms with Gasteiger partial charge in [-0.3, -0.25) is 9.48 Å². The molecule has 3 aromatic rings.